The van der Waals surface area contributed by atoms with E-state index in [-0.39, 0.29) is 12.1 Å². The van der Waals surface area contributed by atoms with Crippen molar-refractivity contribution in [3.63, 3.8) is 0 Å². The van der Waals surface area contributed by atoms with Gasteiger partial charge < -0.3 is 10.0 Å². The molecule has 1 rings (SSSR count). The van der Waals surface area contributed by atoms with Gasteiger partial charge in [-0.3, -0.25) is 14.9 Å². The molecule has 1 aromatic rings. The van der Waals surface area contributed by atoms with E-state index < -0.39 is 27.9 Å². The number of hydrogen-bond acceptors (Lipinski definition) is 4. The number of carbonyl (C=O) groups excluding carboxylic acids is 1. The molecule has 0 fully saturated rings. The summed E-state index contributed by atoms with van der Waals surface area (Å²) in [6, 6.07) is 2.83. The van der Waals surface area contributed by atoms with Crippen molar-refractivity contribution in [3.8, 4) is 0 Å². The van der Waals surface area contributed by atoms with Crippen LogP contribution in [0.25, 0.3) is 0 Å². The van der Waals surface area contributed by atoms with E-state index in [1.54, 1.807) is 0 Å². The molecule has 0 bridgehead atoms. The third kappa shape index (κ3) is 3.99. The molecule has 6 nitrogen and oxygen atoms in total. The van der Waals surface area contributed by atoms with Gasteiger partial charge in [-0.25, -0.2) is 4.39 Å². The maximum atomic E-state index is 13.6. The fraction of sp³-hybridized carbons (Fsp3) is 0.417. The Bertz CT molecular complexity index is 511. The van der Waals surface area contributed by atoms with Crippen molar-refractivity contribution >= 4 is 11.6 Å². The molecular weight excluding hydrogens is 255 g/mol. The highest BCUT2D eigenvalue weighted by Crippen LogP contribution is 2.18. The van der Waals surface area contributed by atoms with Crippen molar-refractivity contribution in [2.45, 2.75) is 19.4 Å². The molecule has 0 aliphatic carbocycles. The van der Waals surface area contributed by atoms with Gasteiger partial charge in [0.1, 0.15) is 5.82 Å². The third-order valence-electron chi connectivity index (χ3n) is 2.36. The molecule has 1 amide bonds. The van der Waals surface area contributed by atoms with Crippen molar-refractivity contribution < 1.29 is 19.2 Å². The molecule has 0 atom stereocenters. The van der Waals surface area contributed by atoms with Gasteiger partial charge >= 0.3 is 0 Å². The second-order valence-corrected chi connectivity index (χ2v) is 4.89. The van der Waals surface area contributed by atoms with E-state index in [9.17, 15) is 24.4 Å². The molecule has 0 spiro atoms. The molecule has 19 heavy (non-hydrogen) atoms. The molecular formula is C12H15FN2O4. The van der Waals surface area contributed by atoms with Gasteiger partial charge in [0.05, 0.1) is 22.2 Å². The molecule has 1 aromatic carbocycles. The SMILES string of the molecule is CN(CC(C)(C)O)C(=O)c1ccc([N+](=O)[O-])cc1F. The van der Waals surface area contributed by atoms with Crippen LogP contribution < -0.4 is 0 Å². The lowest BCUT2D eigenvalue weighted by Crippen LogP contribution is -2.40. The highest BCUT2D eigenvalue weighted by atomic mass is 19.1. The number of non-ortho nitro benzene ring substituents is 1. The van der Waals surface area contributed by atoms with Gasteiger partial charge in [-0.05, 0) is 19.9 Å². The van der Waals surface area contributed by atoms with Crippen LogP contribution in [0.1, 0.15) is 24.2 Å². The fourth-order valence-corrected chi connectivity index (χ4v) is 1.65. The molecule has 0 aromatic heterocycles. The largest absolute Gasteiger partial charge is 0.389 e. The quantitative estimate of drug-likeness (QED) is 0.665. The highest BCUT2D eigenvalue weighted by Gasteiger charge is 2.23. The minimum absolute atomic E-state index is 0.0161. The summed E-state index contributed by atoms with van der Waals surface area (Å²) in [6.45, 7) is 3.05. The van der Waals surface area contributed by atoms with E-state index in [0.29, 0.717) is 6.07 Å². The second-order valence-electron chi connectivity index (χ2n) is 4.89. The Hall–Kier alpha value is -2.02. The minimum atomic E-state index is -1.11. The van der Waals surface area contributed by atoms with Gasteiger partial charge in [-0.15, -0.1) is 0 Å². The van der Waals surface area contributed by atoms with E-state index in [0.717, 1.165) is 17.0 Å². The Morgan fingerprint density at radius 2 is 2.11 bits per heavy atom. The summed E-state index contributed by atoms with van der Waals surface area (Å²) in [5.41, 5.74) is -1.79. The third-order valence-corrected chi connectivity index (χ3v) is 2.36. The van der Waals surface area contributed by atoms with Crippen LogP contribution in [0.5, 0.6) is 0 Å². The van der Waals surface area contributed by atoms with Crippen molar-refractivity contribution in [3.05, 3.63) is 39.7 Å². The number of amides is 1. The van der Waals surface area contributed by atoms with Crippen molar-refractivity contribution in [1.29, 1.82) is 0 Å². The average Bonchev–Trinajstić information content (AvgIpc) is 2.25. The summed E-state index contributed by atoms with van der Waals surface area (Å²) in [5.74, 6) is -1.60. The fourth-order valence-electron chi connectivity index (χ4n) is 1.65. The Morgan fingerprint density at radius 1 is 1.53 bits per heavy atom. The molecule has 0 unspecified atom stereocenters. The number of halogens is 1. The predicted molar refractivity (Wildman–Crippen MR) is 66.3 cm³/mol. The lowest BCUT2D eigenvalue weighted by molar-refractivity contribution is -0.385. The number of nitrogens with zero attached hydrogens (tertiary/aromatic N) is 2. The molecule has 7 heteroatoms. The van der Waals surface area contributed by atoms with Crippen LogP contribution in [-0.2, 0) is 0 Å². The average molecular weight is 270 g/mol. The molecule has 0 saturated heterocycles. The summed E-state index contributed by atoms with van der Waals surface area (Å²) in [7, 11) is 1.42. The number of aliphatic hydroxyl groups is 1. The molecule has 0 heterocycles. The zero-order chi connectivity index (χ0) is 14.8. The van der Waals surface area contributed by atoms with Crippen LogP contribution >= 0.6 is 0 Å². The van der Waals surface area contributed by atoms with Gasteiger partial charge in [0.2, 0.25) is 0 Å². The van der Waals surface area contributed by atoms with E-state index >= 15 is 0 Å². The monoisotopic (exact) mass is 270 g/mol. The van der Waals surface area contributed by atoms with Gasteiger partial charge in [-0.1, -0.05) is 0 Å². The zero-order valence-corrected chi connectivity index (χ0v) is 10.9. The molecule has 104 valence electrons. The van der Waals surface area contributed by atoms with Gasteiger partial charge in [-0.2, -0.15) is 0 Å². The summed E-state index contributed by atoms with van der Waals surface area (Å²) in [4.78, 5) is 22.8. The Morgan fingerprint density at radius 3 is 2.53 bits per heavy atom. The van der Waals surface area contributed by atoms with Crippen LogP contribution in [0.2, 0.25) is 0 Å². The smallest absolute Gasteiger partial charge is 0.272 e. The van der Waals surface area contributed by atoms with Crippen molar-refractivity contribution in [2.24, 2.45) is 0 Å². The molecule has 0 aliphatic rings. The van der Waals surface area contributed by atoms with Crippen LogP contribution in [0.3, 0.4) is 0 Å². The number of rotatable bonds is 4. The number of nitro benzene ring substituents is 1. The number of benzene rings is 1. The minimum Gasteiger partial charge on any atom is -0.389 e. The highest BCUT2D eigenvalue weighted by molar-refractivity contribution is 5.94. The molecule has 0 saturated carbocycles. The van der Waals surface area contributed by atoms with Crippen LogP contribution in [0, 0.1) is 15.9 Å². The predicted octanol–water partition coefficient (Wildman–Crippen LogP) is 1.58. The van der Waals surface area contributed by atoms with E-state index in [2.05, 4.69) is 0 Å². The lowest BCUT2D eigenvalue weighted by Gasteiger charge is -2.25. The van der Waals surface area contributed by atoms with Gasteiger partial charge in [0.25, 0.3) is 11.6 Å². The number of hydrogen-bond donors (Lipinski definition) is 1. The van der Waals surface area contributed by atoms with Crippen molar-refractivity contribution in [1.82, 2.24) is 4.90 Å². The zero-order valence-electron chi connectivity index (χ0n) is 10.9. The first-order valence-electron chi connectivity index (χ1n) is 5.53. The number of likely N-dealkylation sites (N-methyl/N-ethyl adjacent to an activating group) is 1. The Balaban J connectivity index is 2.97. The van der Waals surface area contributed by atoms with E-state index in [1.807, 2.05) is 0 Å². The van der Waals surface area contributed by atoms with Crippen LogP contribution in [0.4, 0.5) is 10.1 Å². The first-order valence-corrected chi connectivity index (χ1v) is 5.53. The first kappa shape index (κ1) is 15.0. The second kappa shape index (κ2) is 5.31. The van der Waals surface area contributed by atoms with E-state index in [4.69, 9.17) is 0 Å². The lowest BCUT2D eigenvalue weighted by atomic mass is 10.1. The summed E-state index contributed by atoms with van der Waals surface area (Å²) < 4.78 is 13.6. The standard InChI is InChI=1S/C12H15FN2O4/c1-12(2,17)7-14(3)11(16)9-5-4-8(15(18)19)6-10(9)13/h4-6,17H,7H2,1-3H3. The Labute approximate surface area is 109 Å². The first-order chi connectivity index (χ1) is 8.61. The number of carbonyl (C=O) groups is 1. The van der Waals surface area contributed by atoms with Crippen molar-refractivity contribution in [2.75, 3.05) is 13.6 Å². The van der Waals surface area contributed by atoms with Gasteiger partial charge in [0, 0.05) is 19.7 Å². The number of nitro groups is 1. The maximum Gasteiger partial charge on any atom is 0.272 e. The molecule has 0 radical (unpaired) electrons. The van der Waals surface area contributed by atoms with Gasteiger partial charge in [0.15, 0.2) is 0 Å². The topological polar surface area (TPSA) is 83.7 Å². The summed E-state index contributed by atoms with van der Waals surface area (Å²) in [5, 5.41) is 20.1. The molecule has 1 N–H and O–H groups in total. The van der Waals surface area contributed by atoms with Crippen LogP contribution in [0.15, 0.2) is 18.2 Å². The Kier molecular flexibility index (Phi) is 4.21. The summed E-state index contributed by atoms with van der Waals surface area (Å²) in [6.07, 6.45) is 0. The maximum absolute atomic E-state index is 13.6. The van der Waals surface area contributed by atoms with E-state index in [1.165, 1.54) is 20.9 Å². The summed E-state index contributed by atoms with van der Waals surface area (Å²) >= 11 is 0. The normalized spacial score (nSPS) is 11.2. The molecule has 0 aliphatic heterocycles. The van der Waals surface area contributed by atoms with Crippen LogP contribution in [-0.4, -0.2) is 40.0 Å².